The van der Waals surface area contributed by atoms with Crippen molar-refractivity contribution in [1.29, 1.82) is 0 Å². The van der Waals surface area contributed by atoms with Gasteiger partial charge < -0.3 is 15.8 Å². The molecule has 0 bridgehead atoms. The Morgan fingerprint density at radius 1 is 0.917 bits per heavy atom. The fourth-order valence-electron chi connectivity index (χ4n) is 1.74. The normalized spacial score (nSPS) is 9.38. The van der Waals surface area contributed by atoms with E-state index in [0.29, 0.717) is 5.56 Å². The number of nitrogens with zero attached hydrogens (tertiary/aromatic N) is 2. The van der Waals surface area contributed by atoms with Crippen molar-refractivity contribution in [1.82, 2.24) is 9.97 Å². The Kier molecular flexibility index (Phi) is 6.28. The summed E-state index contributed by atoms with van der Waals surface area (Å²) in [6, 6.07) is 13.9. The van der Waals surface area contributed by atoms with E-state index in [4.69, 9.17) is 10.5 Å². The van der Waals surface area contributed by atoms with Crippen LogP contribution in [0.15, 0.2) is 73.3 Å². The lowest BCUT2D eigenvalue weighted by molar-refractivity contribution is 0.102. The van der Waals surface area contributed by atoms with Gasteiger partial charge in [0, 0.05) is 41.7 Å². The van der Waals surface area contributed by atoms with E-state index < -0.39 is 0 Å². The summed E-state index contributed by atoms with van der Waals surface area (Å²) in [5, 5.41) is 2.78. The fourth-order valence-corrected chi connectivity index (χ4v) is 1.74. The summed E-state index contributed by atoms with van der Waals surface area (Å²) in [6.07, 6.45) is 6.58. The summed E-state index contributed by atoms with van der Waals surface area (Å²) in [7, 11) is 1.59. The molecular formula is C18H18N4O2. The van der Waals surface area contributed by atoms with Gasteiger partial charge in [-0.3, -0.25) is 14.8 Å². The average molecular weight is 322 g/mol. The van der Waals surface area contributed by atoms with E-state index >= 15 is 0 Å². The number of carbonyl (C=O) groups excluding carboxylic acids is 1. The largest absolute Gasteiger partial charge is 0.497 e. The standard InChI is InChI=1S/C13H12N2O2.C5H6N2/c1-17-12-4-2-10(3-5-12)13(16)15-11-6-8-14-9-7-11;6-5-1-3-7-4-2-5/h2-9H,1H3,(H,14,15,16);1-4H,(H2,6,7). The van der Waals surface area contributed by atoms with Crippen LogP contribution in [0, 0.1) is 0 Å². The summed E-state index contributed by atoms with van der Waals surface area (Å²) in [5.74, 6) is 0.573. The van der Waals surface area contributed by atoms with Crippen LogP contribution in [0.1, 0.15) is 10.4 Å². The van der Waals surface area contributed by atoms with Crippen LogP contribution in [0.3, 0.4) is 0 Å². The summed E-state index contributed by atoms with van der Waals surface area (Å²) in [4.78, 5) is 19.5. The van der Waals surface area contributed by atoms with E-state index in [9.17, 15) is 4.79 Å². The molecule has 2 aromatic heterocycles. The number of nitrogen functional groups attached to an aromatic ring is 1. The summed E-state index contributed by atoms with van der Waals surface area (Å²) in [5.41, 5.74) is 7.39. The molecule has 122 valence electrons. The monoisotopic (exact) mass is 322 g/mol. The predicted molar refractivity (Wildman–Crippen MR) is 93.8 cm³/mol. The third-order valence-electron chi connectivity index (χ3n) is 3.00. The lowest BCUT2D eigenvalue weighted by atomic mass is 10.2. The van der Waals surface area contributed by atoms with Crippen LogP contribution in [0.2, 0.25) is 0 Å². The molecule has 0 spiro atoms. The lowest BCUT2D eigenvalue weighted by Crippen LogP contribution is -2.11. The first-order chi connectivity index (χ1) is 11.7. The number of hydrogen-bond acceptors (Lipinski definition) is 5. The molecule has 0 unspecified atom stereocenters. The van der Waals surface area contributed by atoms with Gasteiger partial charge in [-0.15, -0.1) is 0 Å². The number of aromatic nitrogens is 2. The molecule has 3 aromatic rings. The number of carbonyl (C=O) groups is 1. The maximum absolute atomic E-state index is 11.8. The van der Waals surface area contributed by atoms with Crippen molar-refractivity contribution in [3.63, 3.8) is 0 Å². The van der Waals surface area contributed by atoms with Gasteiger partial charge in [0.2, 0.25) is 0 Å². The molecule has 6 nitrogen and oxygen atoms in total. The number of ether oxygens (including phenoxy) is 1. The molecule has 0 saturated carbocycles. The predicted octanol–water partition coefficient (Wildman–Crippen LogP) is 3.01. The van der Waals surface area contributed by atoms with E-state index in [2.05, 4.69) is 15.3 Å². The van der Waals surface area contributed by atoms with Gasteiger partial charge in [-0.25, -0.2) is 0 Å². The number of methoxy groups -OCH3 is 1. The maximum Gasteiger partial charge on any atom is 0.255 e. The zero-order chi connectivity index (χ0) is 17.2. The van der Waals surface area contributed by atoms with E-state index in [-0.39, 0.29) is 5.91 Å². The molecule has 3 rings (SSSR count). The smallest absolute Gasteiger partial charge is 0.255 e. The SMILES string of the molecule is COc1ccc(C(=O)Nc2ccncc2)cc1.Nc1ccncc1. The minimum Gasteiger partial charge on any atom is -0.497 e. The number of nitrogens with two attached hydrogens (primary N) is 1. The minimum atomic E-state index is -0.154. The van der Waals surface area contributed by atoms with E-state index in [1.54, 1.807) is 80.4 Å². The molecule has 1 aromatic carbocycles. The number of benzene rings is 1. The van der Waals surface area contributed by atoms with Crippen molar-refractivity contribution in [3.8, 4) is 5.75 Å². The second-order valence-corrected chi connectivity index (χ2v) is 4.70. The van der Waals surface area contributed by atoms with Crippen molar-refractivity contribution < 1.29 is 9.53 Å². The lowest BCUT2D eigenvalue weighted by Gasteiger charge is -2.05. The Balaban J connectivity index is 0.000000249. The zero-order valence-electron chi connectivity index (χ0n) is 13.2. The summed E-state index contributed by atoms with van der Waals surface area (Å²) < 4.78 is 5.03. The van der Waals surface area contributed by atoms with Crippen LogP contribution < -0.4 is 15.8 Å². The van der Waals surface area contributed by atoms with Crippen molar-refractivity contribution in [3.05, 3.63) is 78.9 Å². The van der Waals surface area contributed by atoms with Gasteiger partial charge in [0.1, 0.15) is 5.75 Å². The van der Waals surface area contributed by atoms with Crippen molar-refractivity contribution in [2.24, 2.45) is 0 Å². The van der Waals surface area contributed by atoms with Gasteiger partial charge in [0.25, 0.3) is 5.91 Å². The first-order valence-electron chi connectivity index (χ1n) is 7.20. The number of pyridine rings is 2. The summed E-state index contributed by atoms with van der Waals surface area (Å²) in [6.45, 7) is 0. The van der Waals surface area contributed by atoms with E-state index in [0.717, 1.165) is 17.1 Å². The third kappa shape index (κ3) is 5.42. The Bertz CT molecular complexity index is 747. The van der Waals surface area contributed by atoms with Crippen LogP contribution >= 0.6 is 0 Å². The molecule has 0 saturated heterocycles. The minimum absolute atomic E-state index is 0.154. The first kappa shape index (κ1) is 17.0. The molecule has 1 amide bonds. The molecule has 0 fully saturated rings. The van der Waals surface area contributed by atoms with Crippen LogP contribution in [-0.4, -0.2) is 23.0 Å². The molecule has 0 aliphatic heterocycles. The van der Waals surface area contributed by atoms with Gasteiger partial charge in [0.05, 0.1) is 7.11 Å². The van der Waals surface area contributed by atoms with Crippen LogP contribution in [-0.2, 0) is 0 Å². The zero-order valence-corrected chi connectivity index (χ0v) is 13.2. The Hall–Kier alpha value is -3.41. The highest BCUT2D eigenvalue weighted by atomic mass is 16.5. The van der Waals surface area contributed by atoms with Gasteiger partial charge >= 0.3 is 0 Å². The highest BCUT2D eigenvalue weighted by molar-refractivity contribution is 6.04. The number of rotatable bonds is 3. The topological polar surface area (TPSA) is 90.1 Å². The maximum atomic E-state index is 11.8. The molecule has 0 aliphatic rings. The molecule has 0 radical (unpaired) electrons. The average Bonchev–Trinajstić information content (AvgIpc) is 2.64. The first-order valence-corrected chi connectivity index (χ1v) is 7.20. The molecule has 6 heteroatoms. The number of anilines is 2. The Morgan fingerprint density at radius 2 is 1.46 bits per heavy atom. The molecule has 24 heavy (non-hydrogen) atoms. The van der Waals surface area contributed by atoms with Gasteiger partial charge in [-0.1, -0.05) is 0 Å². The number of hydrogen-bond donors (Lipinski definition) is 2. The second-order valence-electron chi connectivity index (χ2n) is 4.70. The van der Waals surface area contributed by atoms with Crippen molar-refractivity contribution in [2.45, 2.75) is 0 Å². The Labute approximate surface area is 140 Å². The van der Waals surface area contributed by atoms with Crippen molar-refractivity contribution in [2.75, 3.05) is 18.2 Å². The van der Waals surface area contributed by atoms with Gasteiger partial charge in [0.15, 0.2) is 0 Å². The Morgan fingerprint density at radius 3 is 1.92 bits per heavy atom. The van der Waals surface area contributed by atoms with Gasteiger partial charge in [-0.05, 0) is 48.5 Å². The molecule has 0 aliphatic carbocycles. The number of nitrogens with one attached hydrogen (secondary N) is 1. The third-order valence-corrected chi connectivity index (χ3v) is 3.00. The molecular weight excluding hydrogens is 304 g/mol. The summed E-state index contributed by atoms with van der Waals surface area (Å²) >= 11 is 0. The molecule has 2 heterocycles. The van der Waals surface area contributed by atoms with Gasteiger partial charge in [-0.2, -0.15) is 0 Å². The molecule has 3 N–H and O–H groups in total. The van der Waals surface area contributed by atoms with Crippen LogP contribution in [0.4, 0.5) is 11.4 Å². The second kappa shape index (κ2) is 8.89. The fraction of sp³-hybridized carbons (Fsp3) is 0.0556. The highest BCUT2D eigenvalue weighted by Gasteiger charge is 2.05. The van der Waals surface area contributed by atoms with Crippen LogP contribution in [0.5, 0.6) is 5.75 Å². The van der Waals surface area contributed by atoms with E-state index in [1.165, 1.54) is 0 Å². The highest BCUT2D eigenvalue weighted by Crippen LogP contribution is 2.13. The van der Waals surface area contributed by atoms with Crippen molar-refractivity contribution >= 4 is 17.3 Å². The molecule has 0 atom stereocenters. The quantitative estimate of drug-likeness (QED) is 0.773. The van der Waals surface area contributed by atoms with E-state index in [1.807, 2.05) is 0 Å². The van der Waals surface area contributed by atoms with Crippen LogP contribution in [0.25, 0.3) is 0 Å². The number of amides is 1.